The Balaban J connectivity index is 1.67. The Hall–Kier alpha value is -1.36. The van der Waals surface area contributed by atoms with Crippen molar-refractivity contribution in [2.45, 2.75) is 51.2 Å². The summed E-state index contributed by atoms with van der Waals surface area (Å²) >= 11 is 0. The first kappa shape index (κ1) is 12.7. The Morgan fingerprint density at radius 1 is 1.42 bits per heavy atom. The molecular formula is C14H20N2O3. The predicted molar refractivity (Wildman–Crippen MR) is 68.4 cm³/mol. The van der Waals surface area contributed by atoms with Gasteiger partial charge in [-0.05, 0) is 25.7 Å². The average molecular weight is 264 g/mol. The van der Waals surface area contributed by atoms with E-state index in [0.717, 1.165) is 44.5 Å². The van der Waals surface area contributed by atoms with E-state index in [1.54, 1.807) is 6.26 Å². The maximum Gasteiger partial charge on any atom is 0.223 e. The van der Waals surface area contributed by atoms with Crippen LogP contribution in [0.1, 0.15) is 43.7 Å². The van der Waals surface area contributed by atoms with Gasteiger partial charge < -0.3 is 14.1 Å². The third-order valence-electron chi connectivity index (χ3n) is 4.19. The number of aromatic nitrogens is 1. The molecule has 3 heterocycles. The van der Waals surface area contributed by atoms with Gasteiger partial charge in [0, 0.05) is 26.5 Å². The van der Waals surface area contributed by atoms with E-state index in [0.29, 0.717) is 18.9 Å². The fraction of sp³-hybridized carbons (Fsp3) is 0.714. The first-order valence-corrected chi connectivity index (χ1v) is 7.00. The van der Waals surface area contributed by atoms with Crippen molar-refractivity contribution in [1.29, 1.82) is 0 Å². The van der Waals surface area contributed by atoms with Crippen molar-refractivity contribution in [3.05, 3.63) is 17.8 Å². The summed E-state index contributed by atoms with van der Waals surface area (Å²) in [5, 5.41) is 0. The van der Waals surface area contributed by atoms with Crippen LogP contribution in [-0.4, -0.2) is 34.5 Å². The second-order valence-corrected chi connectivity index (χ2v) is 5.56. The van der Waals surface area contributed by atoms with Gasteiger partial charge in [0.2, 0.25) is 5.91 Å². The largest absolute Gasteiger partial charge is 0.449 e. The predicted octanol–water partition coefficient (Wildman–Crippen LogP) is 2.04. The molecule has 0 aliphatic carbocycles. The van der Waals surface area contributed by atoms with Crippen molar-refractivity contribution in [3.63, 3.8) is 0 Å². The molecule has 2 saturated heterocycles. The minimum absolute atomic E-state index is 0.0375. The van der Waals surface area contributed by atoms with Gasteiger partial charge in [-0.1, -0.05) is 0 Å². The molecule has 1 amide bonds. The molecule has 19 heavy (non-hydrogen) atoms. The van der Waals surface area contributed by atoms with Crippen LogP contribution in [0.25, 0.3) is 0 Å². The highest BCUT2D eigenvalue weighted by Gasteiger charge is 2.38. The molecule has 0 radical (unpaired) electrons. The van der Waals surface area contributed by atoms with Gasteiger partial charge in [-0.3, -0.25) is 4.79 Å². The van der Waals surface area contributed by atoms with Crippen LogP contribution in [0.3, 0.4) is 0 Å². The zero-order valence-corrected chi connectivity index (χ0v) is 11.4. The summed E-state index contributed by atoms with van der Waals surface area (Å²) in [5.74, 6) is 0.848. The number of hydrogen-bond donors (Lipinski definition) is 0. The molecule has 2 fully saturated rings. The van der Waals surface area contributed by atoms with E-state index >= 15 is 0 Å². The molecule has 0 N–H and O–H groups in total. The molecule has 1 aromatic heterocycles. The van der Waals surface area contributed by atoms with Gasteiger partial charge in [0.05, 0.1) is 17.8 Å². The van der Waals surface area contributed by atoms with Gasteiger partial charge in [0.1, 0.15) is 6.26 Å². The summed E-state index contributed by atoms with van der Waals surface area (Å²) in [6, 6.07) is 0. The van der Waals surface area contributed by atoms with Crippen molar-refractivity contribution >= 4 is 5.91 Å². The van der Waals surface area contributed by atoms with Crippen LogP contribution in [0, 0.1) is 6.92 Å². The Kier molecular flexibility index (Phi) is 3.31. The standard InChI is InChI=1S/C14H20N2O3/c1-11-15-12(10-18-11)9-16-7-6-14(4-2-8-19-14)5-3-13(16)17/h10H,2-9H2,1H3/t14-/m1/s1. The second-order valence-electron chi connectivity index (χ2n) is 5.56. The molecule has 0 unspecified atom stereocenters. The smallest absolute Gasteiger partial charge is 0.223 e. The zero-order chi connectivity index (χ0) is 13.3. The minimum Gasteiger partial charge on any atom is -0.449 e. The van der Waals surface area contributed by atoms with Crippen LogP contribution in [0.2, 0.25) is 0 Å². The molecule has 104 valence electrons. The van der Waals surface area contributed by atoms with Crippen LogP contribution in [0.15, 0.2) is 10.7 Å². The fourth-order valence-corrected chi connectivity index (χ4v) is 3.07. The number of hydrogen-bond acceptors (Lipinski definition) is 4. The molecule has 2 aliphatic rings. The first-order chi connectivity index (χ1) is 9.17. The lowest BCUT2D eigenvalue weighted by molar-refractivity contribution is -0.131. The van der Waals surface area contributed by atoms with E-state index in [9.17, 15) is 4.79 Å². The van der Waals surface area contributed by atoms with Crippen molar-refractivity contribution in [2.24, 2.45) is 0 Å². The normalized spacial score (nSPS) is 28.1. The van der Waals surface area contributed by atoms with Gasteiger partial charge in [-0.2, -0.15) is 0 Å². The zero-order valence-electron chi connectivity index (χ0n) is 11.4. The van der Waals surface area contributed by atoms with E-state index in [1.165, 1.54) is 0 Å². The number of nitrogens with zero attached hydrogens (tertiary/aromatic N) is 2. The Bertz CT molecular complexity index is 463. The highest BCUT2D eigenvalue weighted by molar-refractivity contribution is 5.76. The molecule has 1 spiro atoms. The summed E-state index contributed by atoms with van der Waals surface area (Å²) in [6.45, 7) is 3.96. The lowest BCUT2D eigenvalue weighted by Crippen LogP contribution is -2.32. The van der Waals surface area contributed by atoms with Gasteiger partial charge in [-0.15, -0.1) is 0 Å². The summed E-state index contributed by atoms with van der Waals surface area (Å²) < 4.78 is 11.1. The number of carbonyl (C=O) groups excluding carboxylic acids is 1. The number of oxazole rings is 1. The molecule has 3 rings (SSSR count). The van der Waals surface area contributed by atoms with E-state index in [-0.39, 0.29) is 11.5 Å². The Morgan fingerprint density at radius 2 is 2.32 bits per heavy atom. The summed E-state index contributed by atoms with van der Waals surface area (Å²) in [4.78, 5) is 18.3. The topological polar surface area (TPSA) is 55.6 Å². The van der Waals surface area contributed by atoms with E-state index < -0.39 is 0 Å². The monoisotopic (exact) mass is 264 g/mol. The van der Waals surface area contributed by atoms with E-state index in [2.05, 4.69) is 4.98 Å². The van der Waals surface area contributed by atoms with Gasteiger partial charge >= 0.3 is 0 Å². The third-order valence-corrected chi connectivity index (χ3v) is 4.19. The molecule has 0 aromatic carbocycles. The molecule has 5 nitrogen and oxygen atoms in total. The Morgan fingerprint density at radius 3 is 3.00 bits per heavy atom. The Labute approximate surface area is 112 Å². The maximum absolute atomic E-state index is 12.2. The summed E-state index contributed by atoms with van der Waals surface area (Å²) in [6.07, 6.45) is 6.23. The lowest BCUT2D eigenvalue weighted by atomic mass is 9.92. The number of ether oxygens (including phenoxy) is 1. The molecular weight excluding hydrogens is 244 g/mol. The number of likely N-dealkylation sites (tertiary alicyclic amines) is 1. The van der Waals surface area contributed by atoms with Gasteiger partial charge in [0.25, 0.3) is 0 Å². The van der Waals surface area contributed by atoms with E-state index in [1.807, 2.05) is 11.8 Å². The molecule has 0 bridgehead atoms. The van der Waals surface area contributed by atoms with Crippen LogP contribution in [0.4, 0.5) is 0 Å². The van der Waals surface area contributed by atoms with Crippen molar-refractivity contribution < 1.29 is 13.9 Å². The molecule has 1 aromatic rings. The highest BCUT2D eigenvalue weighted by Crippen LogP contribution is 2.36. The number of aryl methyl sites for hydroxylation is 1. The van der Waals surface area contributed by atoms with Crippen LogP contribution in [-0.2, 0) is 16.1 Å². The molecule has 1 atom stereocenters. The highest BCUT2D eigenvalue weighted by atomic mass is 16.5. The number of amides is 1. The van der Waals surface area contributed by atoms with Crippen molar-refractivity contribution in [3.8, 4) is 0 Å². The maximum atomic E-state index is 12.2. The molecule has 5 heteroatoms. The average Bonchev–Trinajstić information content (AvgIpc) is 2.98. The quantitative estimate of drug-likeness (QED) is 0.820. The minimum atomic E-state index is -0.0375. The SMILES string of the molecule is Cc1nc(CN2CC[C@@]3(CCCO3)CCC2=O)co1. The summed E-state index contributed by atoms with van der Waals surface area (Å²) in [7, 11) is 0. The van der Waals surface area contributed by atoms with Crippen LogP contribution in [0.5, 0.6) is 0 Å². The molecule has 2 aliphatic heterocycles. The number of carbonyl (C=O) groups is 1. The fourth-order valence-electron chi connectivity index (χ4n) is 3.07. The first-order valence-electron chi connectivity index (χ1n) is 7.00. The van der Waals surface area contributed by atoms with Gasteiger partial charge in [0.15, 0.2) is 5.89 Å². The van der Waals surface area contributed by atoms with E-state index in [4.69, 9.17) is 9.15 Å². The van der Waals surface area contributed by atoms with Crippen LogP contribution < -0.4 is 0 Å². The third kappa shape index (κ3) is 2.66. The van der Waals surface area contributed by atoms with Crippen molar-refractivity contribution in [2.75, 3.05) is 13.2 Å². The summed E-state index contributed by atoms with van der Waals surface area (Å²) in [5.41, 5.74) is 0.790. The number of rotatable bonds is 2. The molecule has 0 saturated carbocycles. The lowest BCUT2D eigenvalue weighted by Gasteiger charge is -2.26. The second kappa shape index (κ2) is 4.96. The van der Waals surface area contributed by atoms with Crippen LogP contribution >= 0.6 is 0 Å². The van der Waals surface area contributed by atoms with Gasteiger partial charge in [-0.25, -0.2) is 4.98 Å². The van der Waals surface area contributed by atoms with Crippen molar-refractivity contribution in [1.82, 2.24) is 9.88 Å².